The molecule has 1 aromatic heterocycles. The van der Waals surface area contributed by atoms with Gasteiger partial charge in [-0.3, -0.25) is 4.90 Å². The van der Waals surface area contributed by atoms with E-state index in [1.54, 1.807) is 11.3 Å². The summed E-state index contributed by atoms with van der Waals surface area (Å²) in [6.45, 7) is 6.32. The first-order chi connectivity index (χ1) is 18.2. The summed E-state index contributed by atoms with van der Waals surface area (Å²) in [5, 5.41) is 1.18. The number of thiophene rings is 1. The average Bonchev–Trinajstić information content (AvgIpc) is 3.69. The minimum atomic E-state index is 0.743. The summed E-state index contributed by atoms with van der Waals surface area (Å²) in [5.41, 5.74) is 3.74. The number of benzene rings is 3. The maximum atomic E-state index is 6.78. The Morgan fingerprint density at radius 3 is 2.49 bits per heavy atom. The molecule has 2 aliphatic rings. The number of rotatable bonds is 9. The first-order valence-corrected chi connectivity index (χ1v) is 14.8. The van der Waals surface area contributed by atoms with Crippen LogP contribution < -0.4 is 9.47 Å². The van der Waals surface area contributed by atoms with Crippen molar-refractivity contribution in [3.8, 4) is 27.7 Å². The molecule has 6 rings (SSSR count). The van der Waals surface area contributed by atoms with Gasteiger partial charge in [-0.05, 0) is 104 Å². The normalized spacial score (nSPS) is 16.6. The molecule has 0 bridgehead atoms. The van der Waals surface area contributed by atoms with Gasteiger partial charge in [-0.1, -0.05) is 49.9 Å². The summed E-state index contributed by atoms with van der Waals surface area (Å²) < 4.78 is 14.1. The molecule has 37 heavy (non-hydrogen) atoms. The zero-order valence-electron chi connectivity index (χ0n) is 21.9. The van der Waals surface area contributed by atoms with E-state index in [-0.39, 0.29) is 0 Å². The van der Waals surface area contributed by atoms with E-state index in [0.29, 0.717) is 0 Å². The average molecular weight is 512 g/mol. The highest BCUT2D eigenvalue weighted by atomic mass is 32.1. The van der Waals surface area contributed by atoms with Crippen LogP contribution in [0.4, 0.5) is 0 Å². The fourth-order valence-electron chi connectivity index (χ4n) is 5.85. The van der Waals surface area contributed by atoms with Crippen LogP contribution in [0.15, 0.2) is 66.7 Å². The molecule has 0 amide bonds. The summed E-state index contributed by atoms with van der Waals surface area (Å²) in [5.74, 6) is 3.69. The van der Waals surface area contributed by atoms with Crippen LogP contribution in [0.2, 0.25) is 0 Å². The van der Waals surface area contributed by atoms with Crippen LogP contribution in [-0.4, -0.2) is 31.1 Å². The third-order valence-electron chi connectivity index (χ3n) is 8.01. The lowest BCUT2D eigenvalue weighted by atomic mass is 9.97. The molecule has 3 nitrogen and oxygen atoms in total. The fourth-order valence-corrected chi connectivity index (χ4v) is 6.99. The minimum absolute atomic E-state index is 0.743. The van der Waals surface area contributed by atoms with E-state index in [1.807, 2.05) is 0 Å². The van der Waals surface area contributed by atoms with E-state index in [9.17, 15) is 0 Å². The molecule has 0 radical (unpaired) electrons. The van der Waals surface area contributed by atoms with Crippen LogP contribution in [0.25, 0.3) is 20.5 Å². The molecule has 0 unspecified atom stereocenters. The zero-order valence-corrected chi connectivity index (χ0v) is 22.7. The molecule has 4 heteroatoms. The number of hydrogen-bond acceptors (Lipinski definition) is 4. The van der Waals surface area contributed by atoms with E-state index < -0.39 is 0 Å². The lowest BCUT2D eigenvalue weighted by Crippen LogP contribution is -2.25. The van der Waals surface area contributed by atoms with Crippen molar-refractivity contribution < 1.29 is 9.47 Å². The Kier molecular flexibility index (Phi) is 7.48. The maximum Gasteiger partial charge on any atom is 0.153 e. The number of hydrogen-bond donors (Lipinski definition) is 0. The molecule has 4 aromatic rings. The van der Waals surface area contributed by atoms with Gasteiger partial charge in [0.15, 0.2) is 5.75 Å². The minimum Gasteiger partial charge on any atom is -0.492 e. The lowest BCUT2D eigenvalue weighted by molar-refractivity contribution is 0.238. The molecule has 1 aliphatic heterocycles. The molecular weight excluding hydrogens is 474 g/mol. The second kappa shape index (κ2) is 11.3. The first kappa shape index (κ1) is 24.5. The fraction of sp³-hybridized carbons (Fsp3) is 0.394. The number of fused-ring (bicyclic) bond motifs is 1. The Morgan fingerprint density at radius 1 is 0.892 bits per heavy atom. The summed E-state index contributed by atoms with van der Waals surface area (Å²) in [6, 6.07) is 23.9. The highest BCUT2D eigenvalue weighted by Gasteiger charge is 2.19. The highest BCUT2D eigenvalue weighted by molar-refractivity contribution is 7.22. The largest absolute Gasteiger partial charge is 0.492 e. The van der Waals surface area contributed by atoms with Gasteiger partial charge < -0.3 is 9.47 Å². The van der Waals surface area contributed by atoms with Crippen LogP contribution in [-0.2, 0) is 6.42 Å². The molecule has 3 aromatic carbocycles. The number of ether oxygens (including phenoxy) is 2. The van der Waals surface area contributed by atoms with Gasteiger partial charge in [-0.2, -0.15) is 0 Å². The van der Waals surface area contributed by atoms with Gasteiger partial charge >= 0.3 is 0 Å². The van der Waals surface area contributed by atoms with E-state index >= 15 is 0 Å². The second-order valence-electron chi connectivity index (χ2n) is 10.7. The predicted molar refractivity (Wildman–Crippen MR) is 155 cm³/mol. The van der Waals surface area contributed by atoms with Crippen molar-refractivity contribution >= 4 is 21.4 Å². The van der Waals surface area contributed by atoms with E-state index in [2.05, 4.69) is 78.6 Å². The highest BCUT2D eigenvalue weighted by Crippen LogP contribution is 2.47. The molecule has 2 fully saturated rings. The molecule has 1 saturated carbocycles. The topological polar surface area (TPSA) is 21.7 Å². The summed E-state index contributed by atoms with van der Waals surface area (Å²) in [6.07, 6.45) is 9.28. The van der Waals surface area contributed by atoms with Gasteiger partial charge in [0.1, 0.15) is 18.1 Å². The van der Waals surface area contributed by atoms with Crippen molar-refractivity contribution in [2.45, 2.75) is 51.9 Å². The third kappa shape index (κ3) is 5.71. The standard InChI is InChI=1S/C33H37NO2S/c1-24-12-13-26(22-25-8-2-3-9-25)23-30(24)36-32-29-10-4-5-11-31(29)37-33(32)27-14-16-28(17-15-27)35-21-20-34-18-6-7-19-34/h4-5,10-17,23,25H,2-3,6-9,18-22H2,1H3. The molecule has 0 spiro atoms. The number of likely N-dealkylation sites (tertiary alicyclic amines) is 1. The Bertz CT molecular complexity index is 1330. The van der Waals surface area contributed by atoms with Crippen molar-refractivity contribution in [1.82, 2.24) is 4.90 Å². The lowest BCUT2D eigenvalue weighted by Gasteiger charge is -2.15. The van der Waals surface area contributed by atoms with E-state index in [0.717, 1.165) is 42.7 Å². The summed E-state index contributed by atoms with van der Waals surface area (Å²) in [7, 11) is 0. The van der Waals surface area contributed by atoms with Gasteiger partial charge in [0.25, 0.3) is 0 Å². The third-order valence-corrected chi connectivity index (χ3v) is 9.21. The molecule has 192 valence electrons. The van der Waals surface area contributed by atoms with Crippen molar-refractivity contribution in [2.75, 3.05) is 26.2 Å². The summed E-state index contributed by atoms with van der Waals surface area (Å²) in [4.78, 5) is 3.66. The van der Waals surface area contributed by atoms with Crippen molar-refractivity contribution in [1.29, 1.82) is 0 Å². The van der Waals surface area contributed by atoms with Crippen LogP contribution in [0.3, 0.4) is 0 Å². The molecule has 0 N–H and O–H groups in total. The van der Waals surface area contributed by atoms with Gasteiger partial charge in [-0.25, -0.2) is 0 Å². The Morgan fingerprint density at radius 2 is 1.68 bits per heavy atom. The monoisotopic (exact) mass is 511 g/mol. The van der Waals surface area contributed by atoms with E-state index in [1.165, 1.54) is 83.3 Å². The van der Waals surface area contributed by atoms with Crippen LogP contribution in [0, 0.1) is 12.8 Å². The molecule has 2 heterocycles. The van der Waals surface area contributed by atoms with Crippen molar-refractivity contribution in [3.63, 3.8) is 0 Å². The van der Waals surface area contributed by atoms with Crippen LogP contribution in [0.1, 0.15) is 49.7 Å². The maximum absolute atomic E-state index is 6.78. The van der Waals surface area contributed by atoms with Gasteiger partial charge in [-0.15, -0.1) is 11.3 Å². The first-order valence-electron chi connectivity index (χ1n) is 14.0. The Labute approximate surface area is 225 Å². The quantitative estimate of drug-likeness (QED) is 0.224. The van der Waals surface area contributed by atoms with Gasteiger partial charge in [0, 0.05) is 16.6 Å². The molecule has 1 saturated heterocycles. The van der Waals surface area contributed by atoms with Crippen molar-refractivity contribution in [2.24, 2.45) is 5.92 Å². The number of aryl methyl sites for hydroxylation is 1. The molecular formula is C33H37NO2S. The van der Waals surface area contributed by atoms with Crippen LogP contribution >= 0.6 is 11.3 Å². The van der Waals surface area contributed by atoms with E-state index in [4.69, 9.17) is 9.47 Å². The Balaban J connectivity index is 1.24. The Hall–Kier alpha value is -2.82. The van der Waals surface area contributed by atoms with Gasteiger partial charge in [0.2, 0.25) is 0 Å². The number of nitrogens with zero attached hydrogens (tertiary/aromatic N) is 1. The second-order valence-corrected chi connectivity index (χ2v) is 11.8. The van der Waals surface area contributed by atoms with Crippen LogP contribution in [0.5, 0.6) is 17.2 Å². The SMILES string of the molecule is Cc1ccc(CC2CCCC2)cc1Oc1c(-c2ccc(OCCN3CCCC3)cc2)sc2ccccc12. The van der Waals surface area contributed by atoms with Gasteiger partial charge in [0.05, 0.1) is 4.88 Å². The molecule has 1 aliphatic carbocycles. The zero-order chi connectivity index (χ0) is 25.0. The smallest absolute Gasteiger partial charge is 0.153 e. The summed E-state index contributed by atoms with van der Waals surface area (Å²) >= 11 is 1.80. The predicted octanol–water partition coefficient (Wildman–Crippen LogP) is 8.88. The van der Waals surface area contributed by atoms with Crippen molar-refractivity contribution in [3.05, 3.63) is 77.9 Å². The molecule has 0 atom stereocenters.